The normalized spacial score (nSPS) is 10.2. The van der Waals surface area contributed by atoms with E-state index in [0.29, 0.717) is 13.1 Å². The molecule has 0 radical (unpaired) electrons. The SMILES string of the molecule is COc1ccccc1CN(CCC(=O)Nc1cccc(C)c1)C(C)=O. The Morgan fingerprint density at radius 2 is 1.88 bits per heavy atom. The second-order valence-corrected chi connectivity index (χ2v) is 5.92. The number of amides is 2. The van der Waals surface area contributed by atoms with E-state index in [2.05, 4.69) is 5.32 Å². The van der Waals surface area contributed by atoms with Crippen LogP contribution in [0.4, 0.5) is 5.69 Å². The summed E-state index contributed by atoms with van der Waals surface area (Å²) in [6.07, 6.45) is 0.239. The number of nitrogens with one attached hydrogen (secondary N) is 1. The van der Waals surface area contributed by atoms with Gasteiger partial charge in [0.15, 0.2) is 0 Å². The Balaban J connectivity index is 1.95. The summed E-state index contributed by atoms with van der Waals surface area (Å²) >= 11 is 0. The monoisotopic (exact) mass is 340 g/mol. The number of carbonyl (C=O) groups excluding carboxylic acids is 2. The molecule has 2 amide bonds. The van der Waals surface area contributed by atoms with Gasteiger partial charge in [0.2, 0.25) is 11.8 Å². The van der Waals surface area contributed by atoms with Crippen LogP contribution in [-0.4, -0.2) is 30.4 Å². The van der Waals surface area contributed by atoms with E-state index in [1.54, 1.807) is 12.0 Å². The predicted octanol–water partition coefficient (Wildman–Crippen LogP) is 3.38. The summed E-state index contributed by atoms with van der Waals surface area (Å²) in [5.74, 6) is 0.545. The predicted molar refractivity (Wildman–Crippen MR) is 98.5 cm³/mol. The second-order valence-electron chi connectivity index (χ2n) is 5.92. The minimum atomic E-state index is -0.114. The summed E-state index contributed by atoms with van der Waals surface area (Å²) in [7, 11) is 1.60. The molecule has 0 heterocycles. The summed E-state index contributed by atoms with van der Waals surface area (Å²) in [4.78, 5) is 25.7. The van der Waals surface area contributed by atoms with Gasteiger partial charge in [0, 0.05) is 37.7 Å². The third kappa shape index (κ3) is 5.64. The van der Waals surface area contributed by atoms with Crippen molar-refractivity contribution in [3.63, 3.8) is 0 Å². The third-order valence-electron chi connectivity index (χ3n) is 3.91. The van der Waals surface area contributed by atoms with Crippen LogP contribution in [0.2, 0.25) is 0 Å². The molecule has 1 N–H and O–H groups in total. The van der Waals surface area contributed by atoms with Crippen molar-refractivity contribution in [1.82, 2.24) is 4.90 Å². The molecule has 0 aliphatic rings. The third-order valence-corrected chi connectivity index (χ3v) is 3.91. The molecule has 0 saturated carbocycles. The van der Waals surface area contributed by atoms with Crippen LogP contribution in [0.15, 0.2) is 48.5 Å². The van der Waals surface area contributed by atoms with E-state index in [9.17, 15) is 9.59 Å². The highest BCUT2D eigenvalue weighted by Gasteiger charge is 2.14. The lowest BCUT2D eigenvalue weighted by molar-refractivity contribution is -0.129. The standard InChI is InChI=1S/C20H24N2O3/c1-15-7-6-9-18(13-15)21-20(24)11-12-22(16(2)23)14-17-8-4-5-10-19(17)25-3/h4-10,13H,11-12,14H2,1-3H3,(H,21,24). The van der Waals surface area contributed by atoms with Crippen LogP contribution in [-0.2, 0) is 16.1 Å². The molecular weight excluding hydrogens is 316 g/mol. The Morgan fingerprint density at radius 3 is 2.56 bits per heavy atom. The maximum Gasteiger partial charge on any atom is 0.226 e. The number of benzene rings is 2. The number of hydrogen-bond acceptors (Lipinski definition) is 3. The van der Waals surface area contributed by atoms with Crippen LogP contribution < -0.4 is 10.1 Å². The fraction of sp³-hybridized carbons (Fsp3) is 0.300. The van der Waals surface area contributed by atoms with Crippen LogP contribution in [0.5, 0.6) is 5.75 Å². The molecule has 0 spiro atoms. The number of carbonyl (C=O) groups is 2. The highest BCUT2D eigenvalue weighted by molar-refractivity contribution is 5.91. The van der Waals surface area contributed by atoms with Crippen molar-refractivity contribution in [1.29, 1.82) is 0 Å². The van der Waals surface area contributed by atoms with Crippen molar-refractivity contribution in [2.45, 2.75) is 26.8 Å². The molecule has 0 fully saturated rings. The molecule has 2 aromatic rings. The number of aryl methyl sites for hydroxylation is 1. The first-order chi connectivity index (χ1) is 12.0. The molecule has 2 aromatic carbocycles. The Bertz CT molecular complexity index is 743. The first kappa shape index (κ1) is 18.5. The topological polar surface area (TPSA) is 58.6 Å². The van der Waals surface area contributed by atoms with E-state index in [4.69, 9.17) is 4.74 Å². The molecule has 0 atom stereocenters. The van der Waals surface area contributed by atoms with Gasteiger partial charge in [-0.05, 0) is 30.7 Å². The zero-order valence-corrected chi connectivity index (χ0v) is 14.9. The number of para-hydroxylation sites is 1. The molecule has 0 saturated heterocycles. The molecule has 2 rings (SSSR count). The van der Waals surface area contributed by atoms with Crippen LogP contribution in [0.1, 0.15) is 24.5 Å². The average molecular weight is 340 g/mol. The van der Waals surface area contributed by atoms with Crippen molar-refractivity contribution in [2.24, 2.45) is 0 Å². The van der Waals surface area contributed by atoms with Gasteiger partial charge in [0.1, 0.15) is 5.75 Å². The zero-order valence-electron chi connectivity index (χ0n) is 14.9. The largest absolute Gasteiger partial charge is 0.496 e. The Kier molecular flexibility index (Phi) is 6.57. The van der Waals surface area contributed by atoms with Crippen molar-refractivity contribution in [3.8, 4) is 5.75 Å². The Morgan fingerprint density at radius 1 is 1.12 bits per heavy atom. The highest BCUT2D eigenvalue weighted by atomic mass is 16.5. The number of rotatable bonds is 7. The van der Waals surface area contributed by atoms with Crippen LogP contribution in [0, 0.1) is 6.92 Å². The maximum atomic E-state index is 12.2. The van der Waals surface area contributed by atoms with Gasteiger partial charge in [-0.2, -0.15) is 0 Å². The van der Waals surface area contributed by atoms with Gasteiger partial charge in [-0.3, -0.25) is 9.59 Å². The number of methoxy groups -OCH3 is 1. The number of ether oxygens (including phenoxy) is 1. The molecule has 0 aliphatic heterocycles. The minimum absolute atomic E-state index is 0.0748. The fourth-order valence-electron chi connectivity index (χ4n) is 2.57. The van der Waals surface area contributed by atoms with Gasteiger partial charge in [-0.25, -0.2) is 0 Å². The van der Waals surface area contributed by atoms with Gasteiger partial charge in [0.25, 0.3) is 0 Å². The molecule has 0 unspecified atom stereocenters. The van der Waals surface area contributed by atoms with Gasteiger partial charge in [0.05, 0.1) is 7.11 Å². The van der Waals surface area contributed by atoms with Crippen LogP contribution in [0.3, 0.4) is 0 Å². The smallest absolute Gasteiger partial charge is 0.226 e. The summed E-state index contributed by atoms with van der Waals surface area (Å²) < 4.78 is 5.32. The summed E-state index contributed by atoms with van der Waals surface area (Å²) in [6, 6.07) is 15.2. The van der Waals surface area contributed by atoms with E-state index in [0.717, 1.165) is 22.6 Å². The Labute approximate surface area is 148 Å². The van der Waals surface area contributed by atoms with Crippen LogP contribution >= 0.6 is 0 Å². The van der Waals surface area contributed by atoms with Gasteiger partial charge in [-0.1, -0.05) is 30.3 Å². The van der Waals surface area contributed by atoms with E-state index < -0.39 is 0 Å². The van der Waals surface area contributed by atoms with E-state index in [1.807, 2.05) is 55.5 Å². The van der Waals surface area contributed by atoms with Gasteiger partial charge in [-0.15, -0.1) is 0 Å². The van der Waals surface area contributed by atoms with Crippen LogP contribution in [0.25, 0.3) is 0 Å². The molecule has 132 valence electrons. The highest BCUT2D eigenvalue weighted by Crippen LogP contribution is 2.19. The van der Waals surface area contributed by atoms with Crippen molar-refractivity contribution in [3.05, 3.63) is 59.7 Å². The molecule has 0 aromatic heterocycles. The average Bonchev–Trinajstić information content (AvgIpc) is 2.58. The first-order valence-corrected chi connectivity index (χ1v) is 8.23. The Hall–Kier alpha value is -2.82. The quantitative estimate of drug-likeness (QED) is 0.840. The molecular formula is C20H24N2O3. The van der Waals surface area contributed by atoms with E-state index in [-0.39, 0.29) is 18.2 Å². The molecule has 25 heavy (non-hydrogen) atoms. The van der Waals surface area contributed by atoms with E-state index >= 15 is 0 Å². The second kappa shape index (κ2) is 8.87. The molecule has 5 heteroatoms. The lowest BCUT2D eigenvalue weighted by Crippen LogP contribution is -2.31. The molecule has 0 aliphatic carbocycles. The van der Waals surface area contributed by atoms with Gasteiger partial charge < -0.3 is 15.0 Å². The number of anilines is 1. The summed E-state index contributed by atoms with van der Waals surface area (Å²) in [5.41, 5.74) is 2.77. The maximum absolute atomic E-state index is 12.2. The summed E-state index contributed by atoms with van der Waals surface area (Å²) in [5, 5.41) is 2.86. The molecule has 0 bridgehead atoms. The van der Waals surface area contributed by atoms with Crippen molar-refractivity contribution in [2.75, 3.05) is 19.0 Å². The lowest BCUT2D eigenvalue weighted by Gasteiger charge is -2.22. The summed E-state index contributed by atoms with van der Waals surface area (Å²) in [6.45, 7) is 4.25. The zero-order chi connectivity index (χ0) is 18.2. The van der Waals surface area contributed by atoms with Crippen molar-refractivity contribution < 1.29 is 14.3 Å². The molecule has 5 nitrogen and oxygen atoms in total. The van der Waals surface area contributed by atoms with Gasteiger partial charge >= 0.3 is 0 Å². The fourth-order valence-corrected chi connectivity index (χ4v) is 2.57. The minimum Gasteiger partial charge on any atom is -0.496 e. The number of nitrogens with zero attached hydrogens (tertiary/aromatic N) is 1. The van der Waals surface area contributed by atoms with E-state index in [1.165, 1.54) is 6.92 Å². The number of hydrogen-bond donors (Lipinski definition) is 1. The lowest BCUT2D eigenvalue weighted by atomic mass is 10.1. The van der Waals surface area contributed by atoms with Crippen molar-refractivity contribution >= 4 is 17.5 Å². The first-order valence-electron chi connectivity index (χ1n) is 8.23.